The van der Waals surface area contributed by atoms with Gasteiger partial charge in [0.2, 0.25) is 0 Å². The maximum absolute atomic E-state index is 14.0. The molecule has 1 unspecified atom stereocenters. The van der Waals surface area contributed by atoms with Gasteiger partial charge in [0, 0.05) is 8.95 Å². The molecule has 0 heterocycles. The van der Waals surface area contributed by atoms with Crippen molar-refractivity contribution >= 4 is 31.9 Å². The Morgan fingerprint density at radius 1 is 1.21 bits per heavy atom. The van der Waals surface area contributed by atoms with E-state index in [1.165, 1.54) is 13.2 Å². The molecule has 19 heavy (non-hydrogen) atoms. The highest BCUT2D eigenvalue weighted by Gasteiger charge is 2.20. The summed E-state index contributed by atoms with van der Waals surface area (Å²) >= 11 is 6.83. The number of methoxy groups -OCH3 is 1. The van der Waals surface area contributed by atoms with Crippen LogP contribution in [-0.4, -0.2) is 7.11 Å². The second-order valence-corrected chi connectivity index (χ2v) is 5.77. The average Bonchev–Trinajstić information content (AvgIpc) is 2.40. The van der Waals surface area contributed by atoms with Crippen LogP contribution in [0.3, 0.4) is 0 Å². The number of hydrogen-bond acceptors (Lipinski definition) is 2. The minimum atomic E-state index is -0.608. The lowest BCUT2D eigenvalue weighted by Crippen LogP contribution is -2.15. The molecule has 0 aliphatic carbocycles. The molecule has 0 aliphatic rings. The molecule has 5 heteroatoms. The highest BCUT2D eigenvalue weighted by atomic mass is 79.9. The fourth-order valence-corrected chi connectivity index (χ4v) is 2.78. The Morgan fingerprint density at radius 2 is 1.95 bits per heavy atom. The van der Waals surface area contributed by atoms with Crippen LogP contribution >= 0.6 is 31.9 Å². The molecule has 0 amide bonds. The van der Waals surface area contributed by atoms with Crippen LogP contribution in [0.5, 0.6) is 5.75 Å². The molecule has 2 nitrogen and oxygen atoms in total. The monoisotopic (exact) mass is 387 g/mol. The number of hydrogen-bond donors (Lipinski definition) is 1. The number of halogens is 3. The van der Waals surface area contributed by atoms with Crippen LogP contribution in [0, 0.1) is 5.82 Å². The smallest absolute Gasteiger partial charge is 0.132 e. The van der Waals surface area contributed by atoms with Gasteiger partial charge in [-0.3, -0.25) is 0 Å². The van der Waals surface area contributed by atoms with Gasteiger partial charge in [0.05, 0.1) is 18.7 Å². The van der Waals surface area contributed by atoms with Crippen molar-refractivity contribution in [3.05, 3.63) is 62.3 Å². The minimum Gasteiger partial charge on any atom is -0.496 e. The fourth-order valence-electron chi connectivity index (χ4n) is 1.91. The van der Waals surface area contributed by atoms with Crippen LogP contribution in [0.4, 0.5) is 4.39 Å². The molecular formula is C14H12Br2FNO. The average molecular weight is 389 g/mol. The molecule has 0 aliphatic heterocycles. The van der Waals surface area contributed by atoms with Gasteiger partial charge in [0.1, 0.15) is 11.6 Å². The van der Waals surface area contributed by atoms with E-state index in [0.29, 0.717) is 11.3 Å². The van der Waals surface area contributed by atoms with E-state index in [4.69, 9.17) is 10.5 Å². The summed E-state index contributed by atoms with van der Waals surface area (Å²) in [6.45, 7) is 0. The van der Waals surface area contributed by atoms with Crippen LogP contribution in [-0.2, 0) is 0 Å². The third-order valence-electron chi connectivity index (χ3n) is 2.84. The summed E-state index contributed by atoms with van der Waals surface area (Å²) in [7, 11) is 1.50. The molecule has 2 rings (SSSR count). The zero-order valence-corrected chi connectivity index (χ0v) is 13.3. The maximum Gasteiger partial charge on any atom is 0.132 e. The van der Waals surface area contributed by atoms with E-state index < -0.39 is 6.04 Å². The lowest BCUT2D eigenvalue weighted by molar-refractivity contribution is 0.402. The number of ether oxygens (including phenoxy) is 1. The van der Waals surface area contributed by atoms with Crippen molar-refractivity contribution in [1.82, 2.24) is 0 Å². The molecule has 0 fully saturated rings. The van der Waals surface area contributed by atoms with E-state index in [1.807, 2.05) is 18.2 Å². The summed E-state index contributed by atoms with van der Waals surface area (Å²) < 4.78 is 20.9. The molecule has 100 valence electrons. The van der Waals surface area contributed by atoms with E-state index in [1.54, 1.807) is 12.1 Å². The van der Waals surface area contributed by atoms with Crippen molar-refractivity contribution in [3.63, 3.8) is 0 Å². The molecule has 2 aromatic carbocycles. The summed E-state index contributed by atoms with van der Waals surface area (Å²) in [5, 5.41) is 0. The summed E-state index contributed by atoms with van der Waals surface area (Å²) in [5.74, 6) is 0.0677. The fraction of sp³-hybridized carbons (Fsp3) is 0.143. The van der Waals surface area contributed by atoms with Crippen LogP contribution < -0.4 is 10.5 Å². The molecular weight excluding hydrogens is 377 g/mol. The van der Waals surface area contributed by atoms with Crippen molar-refractivity contribution in [2.45, 2.75) is 6.04 Å². The first-order chi connectivity index (χ1) is 9.04. The number of nitrogens with two attached hydrogens (primary N) is 1. The van der Waals surface area contributed by atoms with Gasteiger partial charge in [0.25, 0.3) is 0 Å². The summed E-state index contributed by atoms with van der Waals surface area (Å²) in [4.78, 5) is 0. The second-order valence-electron chi connectivity index (χ2n) is 4.00. The van der Waals surface area contributed by atoms with Crippen LogP contribution in [0.25, 0.3) is 0 Å². The number of rotatable bonds is 3. The lowest BCUT2D eigenvalue weighted by Gasteiger charge is -2.18. The predicted octanol–water partition coefficient (Wildman–Crippen LogP) is 4.41. The standard InChI is InChI=1S/C14H12Br2FNO/c1-19-12-4-2-3-11(17)13(12)14(18)9-7-8(15)5-6-10(9)16/h2-7,14H,18H2,1H3. The predicted molar refractivity (Wildman–Crippen MR) is 80.8 cm³/mol. The van der Waals surface area contributed by atoms with Crippen molar-refractivity contribution < 1.29 is 9.13 Å². The SMILES string of the molecule is COc1cccc(F)c1C(N)c1cc(Br)ccc1Br. The van der Waals surface area contributed by atoms with Gasteiger partial charge >= 0.3 is 0 Å². The Bertz CT molecular complexity index is 604. The van der Waals surface area contributed by atoms with E-state index in [9.17, 15) is 4.39 Å². The van der Waals surface area contributed by atoms with Gasteiger partial charge < -0.3 is 10.5 Å². The number of benzene rings is 2. The highest BCUT2D eigenvalue weighted by Crippen LogP contribution is 2.35. The summed E-state index contributed by atoms with van der Waals surface area (Å²) in [6.07, 6.45) is 0. The molecule has 1 atom stereocenters. The van der Waals surface area contributed by atoms with Crippen molar-refractivity contribution in [2.24, 2.45) is 5.73 Å². The second kappa shape index (κ2) is 6.03. The van der Waals surface area contributed by atoms with E-state index in [0.717, 1.165) is 14.5 Å². The Labute approximate surface area is 128 Å². The van der Waals surface area contributed by atoms with Crippen LogP contribution in [0.2, 0.25) is 0 Å². The largest absolute Gasteiger partial charge is 0.496 e. The van der Waals surface area contributed by atoms with Gasteiger partial charge in [-0.2, -0.15) is 0 Å². The quantitative estimate of drug-likeness (QED) is 0.845. The first-order valence-corrected chi connectivity index (χ1v) is 7.16. The van der Waals surface area contributed by atoms with Gasteiger partial charge in [-0.1, -0.05) is 37.9 Å². The van der Waals surface area contributed by atoms with Gasteiger partial charge in [0.15, 0.2) is 0 Å². The maximum atomic E-state index is 14.0. The Kier molecular flexibility index (Phi) is 4.60. The van der Waals surface area contributed by atoms with Crippen LogP contribution in [0.15, 0.2) is 45.3 Å². The van der Waals surface area contributed by atoms with Crippen LogP contribution in [0.1, 0.15) is 17.2 Å². The van der Waals surface area contributed by atoms with Crippen molar-refractivity contribution in [1.29, 1.82) is 0 Å². The van der Waals surface area contributed by atoms with Gasteiger partial charge in [-0.25, -0.2) is 4.39 Å². The Morgan fingerprint density at radius 3 is 2.63 bits per heavy atom. The minimum absolute atomic E-state index is 0.351. The van der Waals surface area contributed by atoms with E-state index in [2.05, 4.69) is 31.9 Å². The summed E-state index contributed by atoms with van der Waals surface area (Å²) in [5.41, 5.74) is 7.33. The zero-order valence-electron chi connectivity index (χ0n) is 10.2. The van der Waals surface area contributed by atoms with E-state index in [-0.39, 0.29) is 5.82 Å². The van der Waals surface area contributed by atoms with E-state index >= 15 is 0 Å². The normalized spacial score (nSPS) is 12.3. The van der Waals surface area contributed by atoms with Gasteiger partial charge in [-0.05, 0) is 35.9 Å². The molecule has 0 aromatic heterocycles. The topological polar surface area (TPSA) is 35.2 Å². The zero-order chi connectivity index (χ0) is 14.0. The third-order valence-corrected chi connectivity index (χ3v) is 4.05. The lowest BCUT2D eigenvalue weighted by atomic mass is 9.98. The van der Waals surface area contributed by atoms with Crippen molar-refractivity contribution in [3.8, 4) is 5.75 Å². The highest BCUT2D eigenvalue weighted by molar-refractivity contribution is 9.11. The summed E-state index contributed by atoms with van der Waals surface area (Å²) in [6, 6.07) is 9.68. The Balaban J connectivity index is 2.55. The molecule has 2 aromatic rings. The molecule has 0 saturated carbocycles. The van der Waals surface area contributed by atoms with Gasteiger partial charge in [-0.15, -0.1) is 0 Å². The Hall–Kier alpha value is -0.910. The molecule has 2 N–H and O–H groups in total. The first-order valence-electron chi connectivity index (χ1n) is 5.57. The third kappa shape index (κ3) is 2.99. The molecule has 0 spiro atoms. The first kappa shape index (κ1) is 14.5. The molecule has 0 radical (unpaired) electrons. The molecule has 0 saturated heterocycles. The van der Waals surface area contributed by atoms with Crippen molar-refractivity contribution in [2.75, 3.05) is 7.11 Å². The molecule has 0 bridgehead atoms.